The fraction of sp³-hybridized carbons (Fsp3) is 0. The Morgan fingerprint density at radius 3 is 0.980 bits per heavy atom. The van der Waals surface area contributed by atoms with Gasteiger partial charge in [0.2, 0.25) is 0 Å². The van der Waals surface area contributed by atoms with Gasteiger partial charge in [-0.3, -0.25) is 0 Å². The number of rotatable bonds is 8. The Bertz CT molecular complexity index is 7070. The number of para-hydroxylation sites is 6. The minimum atomic E-state index is 0.905. The highest BCUT2D eigenvalue weighted by atomic mass is 16.3. The van der Waals surface area contributed by atoms with Gasteiger partial charge in [-0.2, -0.15) is 0 Å². The molecule has 0 aliphatic heterocycles. The van der Waals surface area contributed by atoms with Crippen LogP contribution in [0.25, 0.3) is 198 Å². The molecule has 0 fully saturated rings. The summed E-state index contributed by atoms with van der Waals surface area (Å²) in [6.07, 6.45) is 0. The van der Waals surface area contributed by atoms with E-state index in [2.05, 4.69) is 370 Å². The molecule has 0 amide bonds. The number of furan rings is 2. The number of hydrogen-bond acceptors (Lipinski definition) is 2. The first-order chi connectivity index (χ1) is 50.6. The van der Waals surface area contributed by atoms with Crippen LogP contribution in [0.5, 0.6) is 0 Å². The molecule has 6 heterocycles. The molecule has 22 aromatic rings. The lowest BCUT2D eigenvalue weighted by Gasteiger charge is -2.10. The number of fused-ring (bicyclic) bond motifs is 20. The first-order valence-corrected chi connectivity index (χ1v) is 34.9. The second-order valence-electron chi connectivity index (χ2n) is 26.7. The van der Waals surface area contributed by atoms with Crippen molar-refractivity contribution in [2.45, 2.75) is 0 Å². The molecule has 0 radical (unpaired) electrons. The van der Waals surface area contributed by atoms with E-state index in [0.717, 1.165) is 82.9 Å². The maximum Gasteiger partial charge on any atom is 0.145 e. The molecule has 0 bridgehead atoms. The maximum absolute atomic E-state index is 6.68. The van der Waals surface area contributed by atoms with E-state index in [1.54, 1.807) is 0 Å². The highest BCUT2D eigenvalue weighted by molar-refractivity contribution is 6.28. The van der Waals surface area contributed by atoms with Crippen LogP contribution in [-0.2, 0) is 0 Å². The van der Waals surface area contributed by atoms with Crippen LogP contribution in [0.2, 0.25) is 0 Å². The van der Waals surface area contributed by atoms with Crippen LogP contribution in [0, 0.1) is 0 Å². The molecular weight excluding hydrogens is 1240 g/mol. The van der Waals surface area contributed by atoms with E-state index in [0.29, 0.717) is 0 Å². The summed E-state index contributed by atoms with van der Waals surface area (Å²) < 4.78 is 22.6. The van der Waals surface area contributed by atoms with Crippen molar-refractivity contribution >= 4 is 131 Å². The summed E-state index contributed by atoms with van der Waals surface area (Å²) in [7, 11) is 0. The Morgan fingerprint density at radius 2 is 0.480 bits per heavy atom. The standard InChI is InChI=1S/2C48H30N2O/c1-3-11-31(12-4-1)32-19-23-36(24-20-32)50-44-27-22-34(30-41(44)47-45(50)28-25-39-38-16-8-10-18-46(38)51-48(39)47)33-21-26-43-40(29-33)37-15-7-9-17-42(37)49(43)35-13-5-2-6-14-35;1-3-11-31(12-4-1)32-19-23-36(24-20-32)50-43-26-22-34(30-40(43)47-44(50)27-28-46-48(47)38-16-8-10-18-45(38)51-46)33-21-25-42-39(29-33)37-15-7-9-17-41(37)49(42)35-13-5-2-6-14-35/h2*1-30H. The third-order valence-electron chi connectivity index (χ3n) is 21.0. The molecule has 6 heteroatoms. The predicted molar refractivity (Wildman–Crippen MR) is 427 cm³/mol. The van der Waals surface area contributed by atoms with Crippen LogP contribution in [0.4, 0.5) is 0 Å². The van der Waals surface area contributed by atoms with Crippen LogP contribution < -0.4 is 0 Å². The number of aromatic nitrogens is 4. The minimum Gasteiger partial charge on any atom is -0.456 e. The monoisotopic (exact) mass is 1300 g/mol. The molecule has 0 atom stereocenters. The SMILES string of the molecule is c1ccc(-c2ccc(-n3c4ccc(-c5ccc6c(c5)c5ccccc5n6-c5ccccc5)cc4c4c5c(ccc43)oc3ccccc35)cc2)cc1.c1ccc(-c2ccc(-n3c4ccc(-c5ccc6c(c5)c5ccccc5n6-c5ccccc5)cc4c4c5oc6ccccc6c5ccc43)cc2)cc1. The van der Waals surface area contributed by atoms with Crippen LogP contribution >= 0.6 is 0 Å². The Labute approximate surface area is 585 Å². The lowest BCUT2D eigenvalue weighted by atomic mass is 9.99. The van der Waals surface area contributed by atoms with Crippen molar-refractivity contribution in [3.63, 3.8) is 0 Å². The Balaban J connectivity index is 0.000000133. The van der Waals surface area contributed by atoms with Gasteiger partial charge in [0.05, 0.1) is 49.5 Å². The third-order valence-corrected chi connectivity index (χ3v) is 21.0. The highest BCUT2D eigenvalue weighted by Crippen LogP contribution is 2.46. The molecule has 476 valence electrons. The van der Waals surface area contributed by atoms with Gasteiger partial charge in [0.15, 0.2) is 0 Å². The van der Waals surface area contributed by atoms with Gasteiger partial charge in [0, 0.05) is 82.0 Å². The van der Waals surface area contributed by atoms with Crippen LogP contribution in [0.3, 0.4) is 0 Å². The molecule has 102 heavy (non-hydrogen) atoms. The second kappa shape index (κ2) is 23.0. The van der Waals surface area contributed by atoms with E-state index in [4.69, 9.17) is 8.83 Å². The zero-order chi connectivity index (χ0) is 66.9. The molecule has 0 unspecified atom stereocenters. The molecule has 0 aliphatic carbocycles. The first-order valence-electron chi connectivity index (χ1n) is 34.9. The molecule has 6 nitrogen and oxygen atoms in total. The van der Waals surface area contributed by atoms with E-state index in [1.807, 2.05) is 12.1 Å². The summed E-state index contributed by atoms with van der Waals surface area (Å²) in [5.74, 6) is 0. The predicted octanol–water partition coefficient (Wildman–Crippen LogP) is 26.2. The molecule has 0 spiro atoms. The topological polar surface area (TPSA) is 46.0 Å². The molecule has 0 aliphatic rings. The largest absolute Gasteiger partial charge is 0.456 e. The van der Waals surface area contributed by atoms with Gasteiger partial charge in [-0.25, -0.2) is 0 Å². The second-order valence-corrected chi connectivity index (χ2v) is 26.7. The van der Waals surface area contributed by atoms with E-state index in [-0.39, 0.29) is 0 Å². The van der Waals surface area contributed by atoms with Crippen molar-refractivity contribution < 1.29 is 8.83 Å². The van der Waals surface area contributed by atoms with Gasteiger partial charge in [0.1, 0.15) is 22.3 Å². The van der Waals surface area contributed by atoms with Gasteiger partial charge in [-0.05, 0) is 190 Å². The quantitative estimate of drug-likeness (QED) is 0.152. The lowest BCUT2D eigenvalue weighted by molar-refractivity contribution is 0.669. The maximum atomic E-state index is 6.68. The van der Waals surface area contributed by atoms with Crippen molar-refractivity contribution in [1.82, 2.24) is 18.3 Å². The average molecular weight is 1300 g/mol. The van der Waals surface area contributed by atoms with Crippen molar-refractivity contribution in [2.75, 3.05) is 0 Å². The molecule has 0 saturated carbocycles. The van der Waals surface area contributed by atoms with E-state index in [9.17, 15) is 0 Å². The zero-order valence-corrected chi connectivity index (χ0v) is 55.2. The van der Waals surface area contributed by atoms with Crippen LogP contribution in [-0.4, -0.2) is 18.3 Å². The fourth-order valence-electron chi connectivity index (χ4n) is 16.4. The van der Waals surface area contributed by atoms with E-state index >= 15 is 0 Å². The summed E-state index contributed by atoms with van der Waals surface area (Å²) >= 11 is 0. The third kappa shape index (κ3) is 8.99. The average Bonchev–Trinajstić information content (AvgIpc) is 1.57. The molecule has 0 saturated heterocycles. The molecule has 0 N–H and O–H groups in total. The van der Waals surface area contributed by atoms with E-state index < -0.39 is 0 Å². The number of hydrogen-bond donors (Lipinski definition) is 0. The molecule has 16 aromatic carbocycles. The van der Waals surface area contributed by atoms with Crippen LogP contribution in [0.15, 0.2) is 373 Å². The van der Waals surface area contributed by atoms with Gasteiger partial charge < -0.3 is 27.1 Å². The molecular formula is C96H60N4O2. The summed E-state index contributed by atoms with van der Waals surface area (Å²) in [5.41, 5.74) is 27.2. The van der Waals surface area contributed by atoms with E-state index in [1.165, 1.54) is 115 Å². The Kier molecular flexibility index (Phi) is 12.9. The van der Waals surface area contributed by atoms with Crippen molar-refractivity contribution in [3.8, 4) is 67.3 Å². The van der Waals surface area contributed by atoms with Gasteiger partial charge in [0.25, 0.3) is 0 Å². The molecule has 22 rings (SSSR count). The highest BCUT2D eigenvalue weighted by Gasteiger charge is 2.24. The van der Waals surface area contributed by atoms with Crippen molar-refractivity contribution in [2.24, 2.45) is 0 Å². The number of benzene rings is 16. The van der Waals surface area contributed by atoms with Gasteiger partial charge >= 0.3 is 0 Å². The lowest BCUT2D eigenvalue weighted by Crippen LogP contribution is -1.94. The normalized spacial score (nSPS) is 11.9. The van der Waals surface area contributed by atoms with Crippen molar-refractivity contribution in [1.29, 1.82) is 0 Å². The van der Waals surface area contributed by atoms with Crippen LogP contribution in [0.1, 0.15) is 0 Å². The smallest absolute Gasteiger partial charge is 0.145 e. The summed E-state index contributed by atoms with van der Waals surface area (Å²) in [6.45, 7) is 0. The Hall–Kier alpha value is -13.7. The fourth-order valence-corrected chi connectivity index (χ4v) is 16.4. The summed E-state index contributed by atoms with van der Waals surface area (Å²) in [4.78, 5) is 0. The summed E-state index contributed by atoms with van der Waals surface area (Å²) in [5, 5.41) is 14.3. The number of nitrogens with zero attached hydrogens (tertiary/aromatic N) is 4. The summed E-state index contributed by atoms with van der Waals surface area (Å²) in [6, 6.07) is 131. The van der Waals surface area contributed by atoms with Gasteiger partial charge in [-0.15, -0.1) is 0 Å². The van der Waals surface area contributed by atoms with Crippen molar-refractivity contribution in [3.05, 3.63) is 364 Å². The Morgan fingerprint density at radius 1 is 0.157 bits per heavy atom. The molecule has 6 aromatic heterocycles. The zero-order valence-electron chi connectivity index (χ0n) is 55.2. The minimum absolute atomic E-state index is 0.905. The first kappa shape index (κ1) is 57.4. The van der Waals surface area contributed by atoms with Gasteiger partial charge in [-0.1, -0.05) is 218 Å².